The molecule has 1 saturated carbocycles. The summed E-state index contributed by atoms with van der Waals surface area (Å²) >= 11 is 0. The van der Waals surface area contributed by atoms with Gasteiger partial charge in [0.25, 0.3) is 0 Å². The first-order valence-electron chi connectivity index (χ1n) is 9.00. The van der Waals surface area contributed by atoms with Crippen LogP contribution in [0.4, 0.5) is 0 Å². The molecular formula is C17H26N6O2. The Balaban J connectivity index is 1.46. The summed E-state index contributed by atoms with van der Waals surface area (Å²) in [4.78, 5) is 21.0. The van der Waals surface area contributed by atoms with Crippen molar-refractivity contribution in [2.75, 3.05) is 32.7 Å². The van der Waals surface area contributed by atoms with Crippen LogP contribution < -0.4 is 5.32 Å². The van der Waals surface area contributed by atoms with Gasteiger partial charge in [0, 0.05) is 26.2 Å². The fourth-order valence-corrected chi connectivity index (χ4v) is 3.70. The predicted octanol–water partition coefficient (Wildman–Crippen LogP) is 1.01. The van der Waals surface area contributed by atoms with Crippen LogP contribution in [0.1, 0.15) is 50.4 Å². The summed E-state index contributed by atoms with van der Waals surface area (Å²) in [5.41, 5.74) is -0.636. The van der Waals surface area contributed by atoms with Crippen molar-refractivity contribution in [3.05, 3.63) is 11.7 Å². The number of amides is 1. The van der Waals surface area contributed by atoms with E-state index in [0.717, 1.165) is 51.9 Å². The highest BCUT2D eigenvalue weighted by molar-refractivity contribution is 5.79. The van der Waals surface area contributed by atoms with E-state index in [4.69, 9.17) is 4.52 Å². The summed E-state index contributed by atoms with van der Waals surface area (Å²) in [5.74, 6) is 1.24. The van der Waals surface area contributed by atoms with Crippen molar-refractivity contribution in [3.8, 4) is 6.07 Å². The molecule has 25 heavy (non-hydrogen) atoms. The largest absolute Gasteiger partial charge is 0.338 e. The van der Waals surface area contributed by atoms with Crippen LogP contribution in [0.2, 0.25) is 0 Å². The Hall–Kier alpha value is -1.98. The first kappa shape index (κ1) is 17.8. The first-order chi connectivity index (χ1) is 12.0. The molecule has 1 aromatic rings. The molecule has 136 valence electrons. The van der Waals surface area contributed by atoms with Crippen LogP contribution in [0.15, 0.2) is 4.52 Å². The van der Waals surface area contributed by atoms with Crippen molar-refractivity contribution in [3.63, 3.8) is 0 Å². The third kappa shape index (κ3) is 4.17. The molecular weight excluding hydrogens is 320 g/mol. The minimum Gasteiger partial charge on any atom is -0.338 e. The van der Waals surface area contributed by atoms with Crippen molar-refractivity contribution >= 4 is 5.91 Å². The van der Waals surface area contributed by atoms with Crippen LogP contribution in [0.3, 0.4) is 0 Å². The van der Waals surface area contributed by atoms with Crippen molar-refractivity contribution in [1.29, 1.82) is 5.26 Å². The van der Waals surface area contributed by atoms with Gasteiger partial charge in [-0.25, -0.2) is 0 Å². The monoisotopic (exact) mass is 346 g/mol. The van der Waals surface area contributed by atoms with Crippen molar-refractivity contribution < 1.29 is 9.32 Å². The molecule has 8 heteroatoms. The van der Waals surface area contributed by atoms with Crippen LogP contribution in [0.5, 0.6) is 0 Å². The number of nitriles is 1. The molecule has 1 aliphatic carbocycles. The maximum Gasteiger partial charge on any atom is 0.243 e. The lowest BCUT2D eigenvalue weighted by Crippen LogP contribution is -2.53. The molecule has 1 aliphatic heterocycles. The summed E-state index contributed by atoms with van der Waals surface area (Å²) < 4.78 is 5.26. The van der Waals surface area contributed by atoms with Crippen molar-refractivity contribution in [2.45, 2.75) is 51.1 Å². The van der Waals surface area contributed by atoms with E-state index in [2.05, 4.69) is 38.3 Å². The van der Waals surface area contributed by atoms with Crippen molar-refractivity contribution in [2.24, 2.45) is 0 Å². The highest BCUT2D eigenvalue weighted by Crippen LogP contribution is 2.28. The average molecular weight is 346 g/mol. The second-order valence-electron chi connectivity index (χ2n) is 7.12. The van der Waals surface area contributed by atoms with Crippen LogP contribution in [0.25, 0.3) is 0 Å². The minimum atomic E-state index is -0.636. The molecule has 0 bridgehead atoms. The van der Waals surface area contributed by atoms with Gasteiger partial charge in [-0.3, -0.25) is 14.6 Å². The number of nitrogens with zero attached hydrogens (tertiary/aromatic N) is 5. The Morgan fingerprint density at radius 1 is 1.36 bits per heavy atom. The fourth-order valence-electron chi connectivity index (χ4n) is 3.70. The van der Waals surface area contributed by atoms with E-state index >= 15 is 0 Å². The van der Waals surface area contributed by atoms with Crippen LogP contribution in [-0.4, -0.2) is 64.1 Å². The molecule has 0 aromatic carbocycles. The van der Waals surface area contributed by atoms with Gasteiger partial charge < -0.3 is 9.84 Å². The second kappa shape index (κ2) is 7.50. The molecule has 2 heterocycles. The fraction of sp³-hybridized carbons (Fsp3) is 0.765. The quantitative estimate of drug-likeness (QED) is 0.849. The average Bonchev–Trinajstić information content (AvgIpc) is 3.24. The van der Waals surface area contributed by atoms with Gasteiger partial charge in [-0.2, -0.15) is 10.2 Å². The van der Waals surface area contributed by atoms with E-state index in [-0.39, 0.29) is 11.9 Å². The Kier molecular flexibility index (Phi) is 5.35. The van der Waals surface area contributed by atoms with Gasteiger partial charge >= 0.3 is 0 Å². The third-order valence-corrected chi connectivity index (χ3v) is 5.27. The molecule has 8 nitrogen and oxygen atoms in total. The van der Waals surface area contributed by atoms with E-state index < -0.39 is 5.54 Å². The SMILES string of the molecule is Cc1noc([C@@H](C)N2CCN(CC(=O)NC3(C#N)CCCC3)CC2)n1. The lowest BCUT2D eigenvalue weighted by molar-refractivity contribution is -0.124. The molecule has 1 N–H and O–H groups in total. The lowest BCUT2D eigenvalue weighted by atomic mass is 10.00. The Labute approximate surface area is 148 Å². The molecule has 1 atom stereocenters. The Morgan fingerprint density at radius 3 is 2.60 bits per heavy atom. The van der Waals surface area contributed by atoms with Gasteiger partial charge in [-0.15, -0.1) is 0 Å². The zero-order chi connectivity index (χ0) is 17.9. The highest BCUT2D eigenvalue weighted by atomic mass is 16.5. The van der Waals surface area contributed by atoms with Crippen LogP contribution >= 0.6 is 0 Å². The van der Waals surface area contributed by atoms with Gasteiger partial charge in [0.05, 0.1) is 18.7 Å². The Morgan fingerprint density at radius 2 is 2.04 bits per heavy atom. The maximum atomic E-state index is 12.3. The van der Waals surface area contributed by atoms with Gasteiger partial charge in [0.1, 0.15) is 5.54 Å². The third-order valence-electron chi connectivity index (χ3n) is 5.27. The van der Waals surface area contributed by atoms with E-state index in [0.29, 0.717) is 18.3 Å². The smallest absolute Gasteiger partial charge is 0.243 e. The molecule has 0 radical (unpaired) electrons. The van der Waals surface area contributed by atoms with Gasteiger partial charge in [-0.1, -0.05) is 5.16 Å². The summed E-state index contributed by atoms with van der Waals surface area (Å²) in [6.07, 6.45) is 3.56. The maximum absolute atomic E-state index is 12.3. The zero-order valence-electron chi connectivity index (χ0n) is 15.0. The molecule has 0 unspecified atom stereocenters. The molecule has 3 rings (SSSR count). The number of carbonyl (C=O) groups is 1. The molecule has 1 saturated heterocycles. The number of aryl methyl sites for hydroxylation is 1. The molecule has 1 amide bonds. The molecule has 2 fully saturated rings. The Bertz CT molecular complexity index is 638. The van der Waals surface area contributed by atoms with E-state index in [9.17, 15) is 10.1 Å². The van der Waals surface area contributed by atoms with Crippen LogP contribution in [0, 0.1) is 18.3 Å². The second-order valence-corrected chi connectivity index (χ2v) is 7.12. The standard InChI is InChI=1S/C17H26N6O2/c1-13(16-19-14(2)21-25-16)23-9-7-22(8-10-23)11-15(24)20-17(12-18)5-3-4-6-17/h13H,3-11H2,1-2H3,(H,20,24)/t13-/m1/s1. The number of aromatic nitrogens is 2. The van der Waals surface area contributed by atoms with Gasteiger partial charge in [-0.05, 0) is 39.5 Å². The predicted molar refractivity (Wildman–Crippen MR) is 90.4 cm³/mol. The topological polar surface area (TPSA) is 98.3 Å². The number of hydrogen-bond donors (Lipinski definition) is 1. The number of carbonyl (C=O) groups excluding carboxylic acids is 1. The summed E-state index contributed by atoms with van der Waals surface area (Å²) in [7, 11) is 0. The van der Waals surface area contributed by atoms with E-state index in [1.807, 2.05) is 6.92 Å². The highest BCUT2D eigenvalue weighted by Gasteiger charge is 2.36. The molecule has 1 aromatic heterocycles. The summed E-state index contributed by atoms with van der Waals surface area (Å²) in [5, 5.41) is 16.2. The number of rotatable bonds is 5. The van der Waals surface area contributed by atoms with Gasteiger partial charge in [0.2, 0.25) is 11.8 Å². The first-order valence-corrected chi connectivity index (χ1v) is 9.00. The zero-order valence-corrected chi connectivity index (χ0v) is 15.0. The number of piperazine rings is 1. The number of hydrogen-bond acceptors (Lipinski definition) is 7. The van der Waals surface area contributed by atoms with E-state index in [1.54, 1.807) is 0 Å². The summed E-state index contributed by atoms with van der Waals surface area (Å²) in [6.45, 7) is 7.54. The van der Waals surface area contributed by atoms with Crippen LogP contribution in [-0.2, 0) is 4.79 Å². The minimum absolute atomic E-state index is 0.0440. The molecule has 2 aliphatic rings. The lowest BCUT2D eigenvalue weighted by Gasteiger charge is -2.36. The normalized spacial score (nSPS) is 22.4. The summed E-state index contributed by atoms with van der Waals surface area (Å²) in [6, 6.07) is 2.39. The van der Waals surface area contributed by atoms with Crippen molar-refractivity contribution in [1.82, 2.24) is 25.3 Å². The number of nitrogens with one attached hydrogen (secondary N) is 1. The molecule has 0 spiro atoms. The van der Waals surface area contributed by atoms with Gasteiger partial charge in [0.15, 0.2) is 5.82 Å². The van der Waals surface area contributed by atoms with E-state index in [1.165, 1.54) is 0 Å².